The van der Waals surface area contributed by atoms with Gasteiger partial charge in [-0.1, -0.05) is 6.07 Å². The molecule has 0 aliphatic carbocycles. The van der Waals surface area contributed by atoms with Crippen LogP contribution in [0.4, 0.5) is 14.5 Å². The lowest BCUT2D eigenvalue weighted by Crippen LogP contribution is -2.14. The van der Waals surface area contributed by atoms with Gasteiger partial charge in [-0.25, -0.2) is 13.8 Å². The maximum atomic E-state index is 13.8. The number of nitrogens with zero attached hydrogens (tertiary/aromatic N) is 4. The molecule has 8 heteroatoms. The quantitative estimate of drug-likeness (QED) is 0.411. The molecule has 0 unspecified atom stereocenters. The van der Waals surface area contributed by atoms with E-state index in [1.54, 1.807) is 19.2 Å². The second-order valence-electron chi connectivity index (χ2n) is 7.42. The molecule has 1 amide bonds. The SMILES string of the molecule is Cc1ncc(-c2nc(-c3cc(F)ccn3)n3ccccc23)cc1C(=O)Nc1ccc(F)cc1. The zero-order valence-corrected chi connectivity index (χ0v) is 17.5. The molecule has 4 heterocycles. The molecule has 162 valence electrons. The third-order valence-electron chi connectivity index (χ3n) is 5.21. The third-order valence-corrected chi connectivity index (χ3v) is 5.21. The van der Waals surface area contributed by atoms with Crippen LogP contribution in [0.25, 0.3) is 28.3 Å². The van der Waals surface area contributed by atoms with Gasteiger partial charge >= 0.3 is 0 Å². The highest BCUT2D eigenvalue weighted by atomic mass is 19.1. The summed E-state index contributed by atoms with van der Waals surface area (Å²) in [5, 5.41) is 2.76. The highest BCUT2D eigenvalue weighted by Crippen LogP contribution is 2.30. The van der Waals surface area contributed by atoms with Crippen molar-refractivity contribution in [1.82, 2.24) is 19.4 Å². The van der Waals surface area contributed by atoms with Crippen LogP contribution in [-0.4, -0.2) is 25.3 Å². The number of aryl methyl sites for hydroxylation is 1. The average molecular weight is 441 g/mol. The summed E-state index contributed by atoms with van der Waals surface area (Å²) in [4.78, 5) is 26.3. The fraction of sp³-hybridized carbons (Fsp3) is 0.0400. The highest BCUT2D eigenvalue weighted by Gasteiger charge is 2.18. The van der Waals surface area contributed by atoms with Crippen molar-refractivity contribution in [3.8, 4) is 22.8 Å². The first-order valence-electron chi connectivity index (χ1n) is 10.1. The smallest absolute Gasteiger partial charge is 0.257 e. The molecular formula is C25H17F2N5O. The van der Waals surface area contributed by atoms with E-state index in [2.05, 4.69) is 15.3 Å². The number of halogens is 2. The fourth-order valence-corrected chi connectivity index (χ4v) is 3.58. The predicted octanol–water partition coefficient (Wildman–Crippen LogP) is 5.30. The number of carbonyl (C=O) groups is 1. The largest absolute Gasteiger partial charge is 0.322 e. The van der Waals surface area contributed by atoms with Crippen molar-refractivity contribution in [3.05, 3.63) is 102 Å². The van der Waals surface area contributed by atoms with E-state index in [9.17, 15) is 13.6 Å². The lowest BCUT2D eigenvalue weighted by molar-refractivity contribution is 0.102. The molecule has 0 fully saturated rings. The molecule has 6 nitrogen and oxygen atoms in total. The molecule has 0 atom stereocenters. The standard InChI is InChI=1S/C25H17F2N5O/c1-15-20(25(33)30-19-7-5-17(26)6-8-19)12-16(14-29-15)23-22-4-2-3-11-32(22)24(31-23)21-13-18(27)9-10-28-21/h2-14H,1H3,(H,30,33). The first-order valence-corrected chi connectivity index (χ1v) is 10.1. The molecule has 1 aromatic carbocycles. The van der Waals surface area contributed by atoms with Gasteiger partial charge < -0.3 is 5.32 Å². The Morgan fingerprint density at radius 1 is 0.970 bits per heavy atom. The van der Waals surface area contributed by atoms with Crippen LogP contribution in [0.5, 0.6) is 0 Å². The van der Waals surface area contributed by atoms with Crippen LogP contribution in [-0.2, 0) is 0 Å². The van der Waals surface area contributed by atoms with Gasteiger partial charge in [-0.05, 0) is 55.5 Å². The van der Waals surface area contributed by atoms with Crippen molar-refractivity contribution in [1.29, 1.82) is 0 Å². The summed E-state index contributed by atoms with van der Waals surface area (Å²) in [6.45, 7) is 1.73. The molecule has 1 N–H and O–H groups in total. The number of nitrogens with one attached hydrogen (secondary N) is 1. The number of hydrogen-bond acceptors (Lipinski definition) is 4. The van der Waals surface area contributed by atoms with Gasteiger partial charge in [0.05, 0.1) is 22.5 Å². The number of pyridine rings is 3. The minimum atomic E-state index is -0.411. The summed E-state index contributed by atoms with van der Waals surface area (Å²) in [7, 11) is 0. The molecule has 0 spiro atoms. The second kappa shape index (κ2) is 8.23. The van der Waals surface area contributed by atoms with Crippen LogP contribution >= 0.6 is 0 Å². The number of imidazole rings is 1. The van der Waals surface area contributed by atoms with Crippen molar-refractivity contribution >= 4 is 17.1 Å². The van der Waals surface area contributed by atoms with E-state index < -0.39 is 5.82 Å². The number of benzene rings is 1. The summed E-state index contributed by atoms with van der Waals surface area (Å²) in [6, 6.07) is 15.4. The summed E-state index contributed by atoms with van der Waals surface area (Å²) >= 11 is 0. The summed E-state index contributed by atoms with van der Waals surface area (Å²) in [6.07, 6.45) is 4.85. The number of amides is 1. The molecule has 0 saturated heterocycles. The number of fused-ring (bicyclic) bond motifs is 1. The zero-order valence-electron chi connectivity index (χ0n) is 17.5. The van der Waals surface area contributed by atoms with Crippen molar-refractivity contribution in [2.24, 2.45) is 0 Å². The van der Waals surface area contributed by atoms with Gasteiger partial charge in [-0.3, -0.25) is 19.2 Å². The highest BCUT2D eigenvalue weighted by molar-refractivity contribution is 6.05. The Morgan fingerprint density at radius 2 is 1.79 bits per heavy atom. The minimum Gasteiger partial charge on any atom is -0.322 e. The van der Waals surface area contributed by atoms with Gasteiger partial charge in [0, 0.05) is 35.9 Å². The molecular weight excluding hydrogens is 424 g/mol. The van der Waals surface area contributed by atoms with Crippen LogP contribution in [0.15, 0.2) is 79.3 Å². The fourth-order valence-electron chi connectivity index (χ4n) is 3.58. The lowest BCUT2D eigenvalue weighted by atomic mass is 10.1. The van der Waals surface area contributed by atoms with Crippen molar-refractivity contribution < 1.29 is 13.6 Å². The van der Waals surface area contributed by atoms with E-state index in [-0.39, 0.29) is 11.7 Å². The minimum absolute atomic E-state index is 0.360. The molecule has 0 aliphatic rings. The van der Waals surface area contributed by atoms with Crippen molar-refractivity contribution in [2.75, 3.05) is 5.32 Å². The van der Waals surface area contributed by atoms with Crippen LogP contribution in [0.2, 0.25) is 0 Å². The Morgan fingerprint density at radius 3 is 2.58 bits per heavy atom. The Labute approximate surface area is 187 Å². The molecule has 0 aliphatic heterocycles. The molecule has 0 bridgehead atoms. The van der Waals surface area contributed by atoms with Gasteiger partial charge in [-0.15, -0.1) is 0 Å². The number of aromatic nitrogens is 4. The van der Waals surface area contributed by atoms with Crippen LogP contribution in [0.3, 0.4) is 0 Å². The second-order valence-corrected chi connectivity index (χ2v) is 7.42. The Hall–Kier alpha value is -4.46. The number of hydrogen-bond donors (Lipinski definition) is 1. The Balaban J connectivity index is 1.58. The normalized spacial score (nSPS) is 11.0. The maximum absolute atomic E-state index is 13.8. The van der Waals surface area contributed by atoms with Crippen LogP contribution < -0.4 is 5.32 Å². The summed E-state index contributed by atoms with van der Waals surface area (Å²) in [5.74, 6) is -0.698. The van der Waals surface area contributed by atoms with Gasteiger partial charge in [0.1, 0.15) is 17.3 Å². The topological polar surface area (TPSA) is 72.2 Å². The van der Waals surface area contributed by atoms with E-state index in [4.69, 9.17) is 4.98 Å². The molecule has 0 radical (unpaired) electrons. The first kappa shape index (κ1) is 20.4. The van der Waals surface area contributed by atoms with Gasteiger partial charge in [-0.2, -0.15) is 0 Å². The average Bonchev–Trinajstić information content (AvgIpc) is 3.21. The number of anilines is 1. The van der Waals surface area contributed by atoms with Crippen molar-refractivity contribution in [2.45, 2.75) is 6.92 Å². The molecule has 5 aromatic rings. The van der Waals surface area contributed by atoms with E-state index >= 15 is 0 Å². The number of carbonyl (C=O) groups excluding carboxylic acids is 1. The monoisotopic (exact) mass is 441 g/mol. The van der Waals surface area contributed by atoms with Crippen LogP contribution in [0.1, 0.15) is 16.1 Å². The van der Waals surface area contributed by atoms with Gasteiger partial charge in [0.15, 0.2) is 5.82 Å². The van der Waals surface area contributed by atoms with Gasteiger partial charge in [0.25, 0.3) is 5.91 Å². The third kappa shape index (κ3) is 3.94. The summed E-state index contributed by atoms with van der Waals surface area (Å²) in [5.41, 5.74) is 3.72. The van der Waals surface area contributed by atoms with E-state index in [1.807, 2.05) is 28.8 Å². The van der Waals surface area contributed by atoms with E-state index in [0.717, 1.165) is 5.52 Å². The lowest BCUT2D eigenvalue weighted by Gasteiger charge is -2.09. The Kier molecular flexibility index (Phi) is 5.10. The zero-order chi connectivity index (χ0) is 22.9. The maximum Gasteiger partial charge on any atom is 0.257 e. The molecule has 5 rings (SSSR count). The predicted molar refractivity (Wildman–Crippen MR) is 121 cm³/mol. The molecule has 0 saturated carbocycles. The number of rotatable bonds is 4. The van der Waals surface area contributed by atoms with Crippen LogP contribution in [0, 0.1) is 18.6 Å². The Bertz CT molecular complexity index is 1500. The summed E-state index contributed by atoms with van der Waals surface area (Å²) < 4.78 is 28.8. The van der Waals surface area contributed by atoms with E-state index in [0.29, 0.717) is 39.7 Å². The van der Waals surface area contributed by atoms with Gasteiger partial charge in [0.2, 0.25) is 0 Å². The molecule has 33 heavy (non-hydrogen) atoms. The molecule has 4 aromatic heterocycles. The van der Waals surface area contributed by atoms with E-state index in [1.165, 1.54) is 42.6 Å². The first-order chi connectivity index (χ1) is 16.0. The van der Waals surface area contributed by atoms with Crippen molar-refractivity contribution in [3.63, 3.8) is 0 Å².